The van der Waals surface area contributed by atoms with Crippen LogP contribution in [-0.2, 0) is 12.8 Å². The molecule has 0 saturated carbocycles. The van der Waals surface area contributed by atoms with E-state index >= 15 is 0 Å². The van der Waals surface area contributed by atoms with Gasteiger partial charge in [-0.1, -0.05) is 35.1 Å². The number of nitrogen functional groups attached to an aromatic ring is 1. The SMILES string of the molecule is Nn1c(C(F)(F)F)cc(=O)n(OCc2ccccc2)c1=O. The molecule has 0 unspecified atom stereocenters. The van der Waals surface area contributed by atoms with Gasteiger partial charge in [-0.15, -0.1) is 0 Å². The number of rotatable bonds is 3. The van der Waals surface area contributed by atoms with Gasteiger partial charge in [0.1, 0.15) is 6.61 Å². The molecule has 0 aliphatic heterocycles. The molecule has 0 saturated heterocycles. The Kier molecular flexibility index (Phi) is 3.74. The van der Waals surface area contributed by atoms with Crippen LogP contribution in [0.4, 0.5) is 13.2 Å². The van der Waals surface area contributed by atoms with Gasteiger partial charge < -0.3 is 10.7 Å². The van der Waals surface area contributed by atoms with Crippen LogP contribution < -0.4 is 21.9 Å². The summed E-state index contributed by atoms with van der Waals surface area (Å²) < 4.78 is 37.7. The lowest BCUT2D eigenvalue weighted by Crippen LogP contribution is -2.48. The lowest BCUT2D eigenvalue weighted by molar-refractivity contribution is -0.144. The van der Waals surface area contributed by atoms with Gasteiger partial charge in [0, 0.05) is 6.07 Å². The summed E-state index contributed by atoms with van der Waals surface area (Å²) in [6.45, 7) is -0.165. The minimum atomic E-state index is -4.91. The fourth-order valence-corrected chi connectivity index (χ4v) is 1.59. The van der Waals surface area contributed by atoms with E-state index < -0.39 is 23.1 Å². The Labute approximate surface area is 115 Å². The largest absolute Gasteiger partial charge is 0.433 e. The van der Waals surface area contributed by atoms with Gasteiger partial charge in [-0.05, 0) is 5.56 Å². The molecule has 0 bridgehead atoms. The molecule has 0 spiro atoms. The number of alkyl halides is 3. The van der Waals surface area contributed by atoms with Crippen molar-refractivity contribution in [1.29, 1.82) is 0 Å². The first-order valence-electron chi connectivity index (χ1n) is 5.69. The van der Waals surface area contributed by atoms with Crippen molar-refractivity contribution in [3.8, 4) is 0 Å². The molecule has 1 heterocycles. The second-order valence-electron chi connectivity index (χ2n) is 4.07. The van der Waals surface area contributed by atoms with Crippen molar-refractivity contribution in [2.75, 3.05) is 5.84 Å². The fourth-order valence-electron chi connectivity index (χ4n) is 1.59. The molecule has 6 nitrogen and oxygen atoms in total. The molecule has 2 aromatic rings. The molecular formula is C12H10F3N3O3. The first kappa shape index (κ1) is 14.7. The van der Waals surface area contributed by atoms with E-state index in [0.717, 1.165) is 0 Å². The Bertz CT molecular complexity index is 750. The van der Waals surface area contributed by atoms with Gasteiger partial charge in [0.2, 0.25) is 0 Å². The van der Waals surface area contributed by atoms with Crippen molar-refractivity contribution < 1.29 is 18.0 Å². The maximum Gasteiger partial charge on any atom is 0.433 e. The van der Waals surface area contributed by atoms with Crippen LogP contribution >= 0.6 is 0 Å². The zero-order valence-electron chi connectivity index (χ0n) is 10.5. The molecule has 1 aromatic carbocycles. The van der Waals surface area contributed by atoms with Gasteiger partial charge in [-0.25, -0.2) is 9.47 Å². The highest BCUT2D eigenvalue weighted by Crippen LogP contribution is 2.26. The van der Waals surface area contributed by atoms with Crippen LogP contribution in [0.15, 0.2) is 46.0 Å². The Morgan fingerprint density at radius 2 is 1.76 bits per heavy atom. The van der Waals surface area contributed by atoms with E-state index in [9.17, 15) is 22.8 Å². The molecule has 0 amide bonds. The Hall–Kier alpha value is -2.71. The summed E-state index contributed by atoms with van der Waals surface area (Å²) in [7, 11) is 0. The van der Waals surface area contributed by atoms with Crippen molar-refractivity contribution in [3.05, 3.63) is 68.5 Å². The predicted octanol–water partition coefficient (Wildman–Crippen LogP) is 0.371. The molecule has 0 fully saturated rings. The van der Waals surface area contributed by atoms with Crippen molar-refractivity contribution in [2.45, 2.75) is 12.8 Å². The molecule has 9 heteroatoms. The molecule has 0 aliphatic carbocycles. The Balaban J connectivity index is 2.36. The average Bonchev–Trinajstić information content (AvgIpc) is 2.42. The summed E-state index contributed by atoms with van der Waals surface area (Å²) in [5.41, 5.74) is -3.57. The summed E-state index contributed by atoms with van der Waals surface area (Å²) in [6, 6.07) is 8.68. The van der Waals surface area contributed by atoms with Crippen molar-refractivity contribution in [3.63, 3.8) is 0 Å². The van der Waals surface area contributed by atoms with Crippen molar-refractivity contribution in [2.24, 2.45) is 0 Å². The van der Waals surface area contributed by atoms with Gasteiger partial charge in [0.05, 0.1) is 0 Å². The number of nitrogens with zero attached hydrogens (tertiary/aromatic N) is 2. The maximum atomic E-state index is 12.6. The molecule has 0 atom stereocenters. The van der Waals surface area contributed by atoms with E-state index in [4.69, 9.17) is 10.7 Å². The maximum absolute atomic E-state index is 12.6. The van der Waals surface area contributed by atoms with Crippen molar-refractivity contribution >= 4 is 0 Å². The number of hydrogen-bond donors (Lipinski definition) is 1. The van der Waals surface area contributed by atoms with E-state index in [1.165, 1.54) is 0 Å². The summed E-state index contributed by atoms with van der Waals surface area (Å²) in [5, 5.41) is 0. The van der Waals surface area contributed by atoms with Crippen LogP contribution in [0.1, 0.15) is 11.3 Å². The molecule has 21 heavy (non-hydrogen) atoms. The minimum absolute atomic E-state index is 0.165. The van der Waals surface area contributed by atoms with Gasteiger partial charge in [0.25, 0.3) is 5.56 Å². The molecular weight excluding hydrogens is 291 g/mol. The Morgan fingerprint density at radius 3 is 2.33 bits per heavy atom. The third-order valence-electron chi connectivity index (χ3n) is 2.59. The predicted molar refractivity (Wildman–Crippen MR) is 66.8 cm³/mol. The number of hydrogen-bond acceptors (Lipinski definition) is 4. The summed E-state index contributed by atoms with van der Waals surface area (Å²) in [4.78, 5) is 28.1. The number of benzene rings is 1. The molecule has 2 N–H and O–H groups in total. The first-order valence-corrected chi connectivity index (χ1v) is 5.69. The standard InChI is InChI=1S/C12H10F3N3O3/c13-12(14,15)9-6-10(19)18(11(20)17(9)16)21-7-8-4-2-1-3-5-8/h1-6H,7,16H2. The van der Waals surface area contributed by atoms with Gasteiger partial charge in [0.15, 0.2) is 5.69 Å². The van der Waals surface area contributed by atoms with E-state index in [1.807, 2.05) is 0 Å². The van der Waals surface area contributed by atoms with E-state index in [0.29, 0.717) is 5.56 Å². The van der Waals surface area contributed by atoms with Gasteiger partial charge in [-0.2, -0.15) is 13.2 Å². The molecule has 1 aromatic heterocycles. The lowest BCUT2D eigenvalue weighted by Gasteiger charge is -2.13. The molecule has 0 radical (unpaired) electrons. The minimum Gasteiger partial charge on any atom is -0.401 e. The topological polar surface area (TPSA) is 79.2 Å². The highest BCUT2D eigenvalue weighted by molar-refractivity contribution is 5.13. The zero-order chi connectivity index (χ0) is 15.6. The second-order valence-corrected chi connectivity index (χ2v) is 4.07. The highest BCUT2D eigenvalue weighted by atomic mass is 19.4. The van der Waals surface area contributed by atoms with Crippen LogP contribution in [-0.4, -0.2) is 9.41 Å². The smallest absolute Gasteiger partial charge is 0.401 e. The monoisotopic (exact) mass is 301 g/mol. The van der Waals surface area contributed by atoms with Crippen LogP contribution in [0.25, 0.3) is 0 Å². The molecule has 0 aliphatic rings. The van der Waals surface area contributed by atoms with E-state index in [2.05, 4.69) is 0 Å². The Morgan fingerprint density at radius 1 is 1.14 bits per heavy atom. The van der Waals surface area contributed by atoms with Crippen LogP contribution in [0.3, 0.4) is 0 Å². The fraction of sp³-hybridized carbons (Fsp3) is 0.167. The quantitative estimate of drug-likeness (QED) is 0.831. The summed E-state index contributed by atoms with van der Waals surface area (Å²) in [6.07, 6.45) is -4.91. The second kappa shape index (κ2) is 5.35. The van der Waals surface area contributed by atoms with E-state index in [1.54, 1.807) is 30.3 Å². The summed E-state index contributed by atoms with van der Waals surface area (Å²) >= 11 is 0. The zero-order valence-corrected chi connectivity index (χ0v) is 10.5. The molecule has 2 rings (SSSR count). The summed E-state index contributed by atoms with van der Waals surface area (Å²) in [5.74, 6) is 5.05. The van der Waals surface area contributed by atoms with Crippen LogP contribution in [0.5, 0.6) is 0 Å². The first-order chi connectivity index (χ1) is 9.80. The van der Waals surface area contributed by atoms with Gasteiger partial charge >= 0.3 is 11.9 Å². The third-order valence-corrected chi connectivity index (χ3v) is 2.59. The normalized spacial score (nSPS) is 11.4. The lowest BCUT2D eigenvalue weighted by atomic mass is 10.2. The number of halogens is 3. The van der Waals surface area contributed by atoms with Crippen molar-refractivity contribution in [1.82, 2.24) is 9.41 Å². The number of nitrogens with two attached hydrogens (primary N) is 1. The molecule has 112 valence electrons. The third kappa shape index (κ3) is 3.07. The average molecular weight is 301 g/mol. The van der Waals surface area contributed by atoms with Crippen LogP contribution in [0.2, 0.25) is 0 Å². The van der Waals surface area contributed by atoms with E-state index in [-0.39, 0.29) is 22.1 Å². The van der Waals surface area contributed by atoms with Crippen LogP contribution in [0, 0.1) is 0 Å². The highest BCUT2D eigenvalue weighted by Gasteiger charge is 2.35. The van der Waals surface area contributed by atoms with Gasteiger partial charge in [-0.3, -0.25) is 4.79 Å². The number of aromatic nitrogens is 2.